The molecule has 0 aliphatic rings. The van der Waals surface area contributed by atoms with Crippen LogP contribution in [0.2, 0.25) is 0 Å². The molecule has 24 valence electrons. The van der Waals surface area contributed by atoms with Gasteiger partial charge in [-0.2, -0.15) is 0 Å². The Bertz CT molecular complexity index is 28.6. The van der Waals surface area contributed by atoms with E-state index < -0.39 is 19.1 Å². The van der Waals surface area contributed by atoms with Gasteiger partial charge in [0.2, 0.25) is 0 Å². The SMILES string of the molecule is [Ce].[O]=[Ti]=[O].[Ti]. The van der Waals surface area contributed by atoms with Crippen LogP contribution >= 0.6 is 0 Å². The average molecular weight is 268 g/mol. The fourth-order valence-corrected chi connectivity index (χ4v) is 0. The minimum atomic E-state index is -2.00. The molecule has 5 heteroatoms. The molecule has 0 aromatic rings. The monoisotopic (exact) mass is 268 g/mol. The van der Waals surface area contributed by atoms with Crippen LogP contribution in [0.4, 0.5) is 0 Å². The third kappa shape index (κ3) is 21.5. The summed E-state index contributed by atoms with van der Waals surface area (Å²) in [5.41, 5.74) is 0. The van der Waals surface area contributed by atoms with Crippen molar-refractivity contribution in [3.05, 3.63) is 0 Å². The van der Waals surface area contributed by atoms with Crippen LogP contribution in [0.15, 0.2) is 0 Å². The van der Waals surface area contributed by atoms with E-state index in [4.69, 9.17) is 6.65 Å². The zero-order chi connectivity index (χ0) is 2.71. The van der Waals surface area contributed by atoms with Gasteiger partial charge in [0.1, 0.15) is 0 Å². The molecule has 0 aliphatic carbocycles. The van der Waals surface area contributed by atoms with Crippen molar-refractivity contribution in [3.8, 4) is 0 Å². The van der Waals surface area contributed by atoms with Crippen LogP contribution in [0.1, 0.15) is 0 Å². The Morgan fingerprint density at radius 1 is 1.20 bits per heavy atom. The van der Waals surface area contributed by atoms with Gasteiger partial charge in [0.05, 0.1) is 0 Å². The predicted molar refractivity (Wildman–Crippen MR) is 1.37 cm³/mol. The number of hydrogen-bond acceptors (Lipinski definition) is 2. The van der Waals surface area contributed by atoms with Crippen LogP contribution in [-0.4, -0.2) is 0 Å². The zero-order valence-electron chi connectivity index (χ0n) is 2.32. The molecule has 0 amide bonds. The van der Waals surface area contributed by atoms with E-state index >= 15 is 0 Å². The topological polar surface area (TPSA) is 34.1 Å². The summed E-state index contributed by atoms with van der Waals surface area (Å²) in [6, 6.07) is 0. The summed E-state index contributed by atoms with van der Waals surface area (Å²) < 4.78 is 17.0. The van der Waals surface area contributed by atoms with Crippen molar-refractivity contribution in [1.82, 2.24) is 0 Å². The van der Waals surface area contributed by atoms with Crippen LogP contribution in [0, 0.1) is 41.7 Å². The summed E-state index contributed by atoms with van der Waals surface area (Å²) in [5.74, 6) is 0. The van der Waals surface area contributed by atoms with E-state index in [1.807, 2.05) is 0 Å². The molecule has 0 fully saturated rings. The molecule has 0 atom stereocenters. The van der Waals surface area contributed by atoms with Crippen LogP contribution < -0.4 is 0 Å². The third-order valence-corrected chi connectivity index (χ3v) is 0. The van der Waals surface area contributed by atoms with Gasteiger partial charge in [0, 0.05) is 63.5 Å². The molecular formula is CeO2Ti2. The van der Waals surface area contributed by atoms with Gasteiger partial charge >= 0.3 is 25.7 Å². The van der Waals surface area contributed by atoms with E-state index in [-0.39, 0.29) is 63.5 Å². The van der Waals surface area contributed by atoms with Crippen LogP contribution in [0.5, 0.6) is 0 Å². The molecule has 0 aliphatic heterocycles. The Balaban J connectivity index is -0.0000000200. The van der Waals surface area contributed by atoms with Gasteiger partial charge in [-0.25, -0.2) is 0 Å². The van der Waals surface area contributed by atoms with E-state index in [0.29, 0.717) is 0 Å². The summed E-state index contributed by atoms with van der Waals surface area (Å²) in [5, 5.41) is 0. The Morgan fingerprint density at radius 3 is 1.20 bits per heavy atom. The van der Waals surface area contributed by atoms with Gasteiger partial charge in [-0.15, -0.1) is 0 Å². The zero-order valence-corrected chi connectivity index (χ0v) is 8.58. The van der Waals surface area contributed by atoms with Gasteiger partial charge in [0.25, 0.3) is 0 Å². The first kappa shape index (κ1) is 15.7. The van der Waals surface area contributed by atoms with Gasteiger partial charge in [-0.1, -0.05) is 0 Å². The molecule has 0 radical (unpaired) electrons. The van der Waals surface area contributed by atoms with Crippen molar-refractivity contribution in [2.45, 2.75) is 0 Å². The number of hydrogen-bond donors (Lipinski definition) is 0. The molecule has 0 aromatic heterocycles. The standard InChI is InChI=1S/Ce.2O.2Ti. The van der Waals surface area contributed by atoms with Crippen LogP contribution in [0.3, 0.4) is 0 Å². The van der Waals surface area contributed by atoms with Crippen molar-refractivity contribution in [1.29, 1.82) is 0 Å². The van der Waals surface area contributed by atoms with E-state index in [9.17, 15) is 0 Å². The molecule has 5 heavy (non-hydrogen) atoms. The van der Waals surface area contributed by atoms with Crippen molar-refractivity contribution in [3.63, 3.8) is 0 Å². The Morgan fingerprint density at radius 2 is 1.20 bits per heavy atom. The quantitative estimate of drug-likeness (QED) is 0.568. The van der Waals surface area contributed by atoms with Crippen molar-refractivity contribution in [2.75, 3.05) is 0 Å². The summed E-state index contributed by atoms with van der Waals surface area (Å²) in [7, 11) is 0. The first-order valence-electron chi connectivity index (χ1n) is 0.408. The minimum Gasteiger partial charge on any atom is 0 e. The summed E-state index contributed by atoms with van der Waals surface area (Å²) >= 11 is -2.00. The second-order valence-corrected chi connectivity index (χ2v) is 0.344. The molecule has 0 unspecified atom stereocenters. The first-order valence-corrected chi connectivity index (χ1v) is 1.68. The smallest absolute Gasteiger partial charge is 0 e. The van der Waals surface area contributed by atoms with Gasteiger partial charge in [-0.05, 0) is 0 Å². The summed E-state index contributed by atoms with van der Waals surface area (Å²) in [6.07, 6.45) is 0. The average Bonchev–Trinajstić information content (AvgIpc) is 0.918. The number of rotatable bonds is 0. The maximum Gasteiger partial charge on any atom is 0 e. The molecule has 2 nitrogen and oxygen atoms in total. The van der Waals surface area contributed by atoms with E-state index in [1.54, 1.807) is 0 Å². The Kier molecular flexibility index (Phi) is 50.5. The second kappa shape index (κ2) is 16.1. The van der Waals surface area contributed by atoms with Crippen molar-refractivity contribution in [2.24, 2.45) is 0 Å². The maximum absolute atomic E-state index is 8.50. The van der Waals surface area contributed by atoms with E-state index in [2.05, 4.69) is 0 Å². The van der Waals surface area contributed by atoms with Crippen molar-refractivity contribution >= 4 is 0 Å². The molecular weight excluding hydrogens is 268 g/mol. The molecule has 0 bridgehead atoms. The van der Waals surface area contributed by atoms with Gasteiger partial charge < -0.3 is 0 Å². The molecule has 0 spiro atoms. The minimum absolute atomic E-state index is 0. The van der Waals surface area contributed by atoms with Crippen molar-refractivity contribution < 1.29 is 89.2 Å². The van der Waals surface area contributed by atoms with Crippen LogP contribution in [0.25, 0.3) is 0 Å². The third-order valence-electron chi connectivity index (χ3n) is 0. The molecule has 0 heterocycles. The molecule has 0 saturated heterocycles. The molecule has 0 saturated carbocycles. The fourth-order valence-electron chi connectivity index (χ4n) is 0. The van der Waals surface area contributed by atoms with Gasteiger partial charge in [0.15, 0.2) is 0 Å². The van der Waals surface area contributed by atoms with Gasteiger partial charge in [-0.3, -0.25) is 0 Å². The summed E-state index contributed by atoms with van der Waals surface area (Å²) in [4.78, 5) is 0. The van der Waals surface area contributed by atoms with E-state index in [1.165, 1.54) is 0 Å². The Labute approximate surface area is 87.3 Å². The normalized spacial score (nSPS) is 1.60. The predicted octanol–water partition coefficient (Wildman–Crippen LogP) is -0.243. The van der Waals surface area contributed by atoms with Crippen LogP contribution in [-0.2, 0) is 47.5 Å². The molecule has 0 N–H and O–H groups in total. The van der Waals surface area contributed by atoms with E-state index in [0.717, 1.165) is 0 Å². The molecule has 0 rings (SSSR count). The molecule has 0 aromatic carbocycles. The largest absolute Gasteiger partial charge is 0 e. The summed E-state index contributed by atoms with van der Waals surface area (Å²) in [6.45, 7) is 0. The second-order valence-electron chi connectivity index (χ2n) is 0.0833. The Hall–Kier alpha value is 2.41. The fraction of sp³-hybridized carbons (Fsp3) is 0. The maximum atomic E-state index is 8.50. The first-order chi connectivity index (χ1) is 1.41.